The molecule has 11 aromatic carbocycles. The second kappa shape index (κ2) is 16.2. The minimum absolute atomic E-state index is 0.0598. The molecule has 0 atom stereocenters. The normalized spacial score (nSPS) is 14.8. The maximum absolute atomic E-state index is 9.47. The molecule has 2 aliphatic heterocycles. The Hall–Kier alpha value is -9.12. The van der Waals surface area contributed by atoms with Gasteiger partial charge in [0.05, 0.1) is 41.5 Å². The highest BCUT2D eigenvalue weighted by molar-refractivity contribution is 7.00. The number of benzene rings is 11. The molecule has 0 saturated heterocycles. The molecule has 3 nitrogen and oxygen atoms in total. The number of hydrogen-bond acceptors (Lipinski definition) is 0. The van der Waals surface area contributed by atoms with Crippen LogP contribution in [0.4, 0.5) is 0 Å². The van der Waals surface area contributed by atoms with Gasteiger partial charge < -0.3 is 14.1 Å². The van der Waals surface area contributed by atoms with E-state index in [2.05, 4.69) is 183 Å². The van der Waals surface area contributed by atoms with Gasteiger partial charge in [-0.2, -0.15) is 0 Å². The predicted molar refractivity (Wildman–Crippen MR) is 334 cm³/mol. The van der Waals surface area contributed by atoms with Crippen LogP contribution in [0.1, 0.15) is 66.4 Å². The fraction of sp³-hybridized carbons (Fsp3) is 0.108. The quantitative estimate of drug-likeness (QED) is 0.166. The molecule has 2 aliphatic rings. The Bertz CT molecular complexity index is 5430. The van der Waals surface area contributed by atoms with Crippen LogP contribution in [-0.2, 0) is 10.8 Å². The molecular weight excluding hydrogens is 942 g/mol. The largest absolute Gasteiger partial charge is 0.354 e. The van der Waals surface area contributed by atoms with Gasteiger partial charge in [-0.15, -0.1) is 0 Å². The van der Waals surface area contributed by atoms with Crippen LogP contribution in [0.2, 0.25) is 0 Å². The Kier molecular flexibility index (Phi) is 7.48. The lowest BCUT2D eigenvalue weighted by molar-refractivity contribution is 0.590. The first kappa shape index (κ1) is 36.0. The number of para-hydroxylation sites is 1. The van der Waals surface area contributed by atoms with Crippen LogP contribution in [0.5, 0.6) is 0 Å². The SMILES string of the molecule is [2H]c1c([2H])c([2H])c(-c2ccc3c(c2)c2cc(-c4c([2H])c([2H])c([2H])c([2H])c4[2H])cc4c2n3-c2c3c(cc5[nH]c6c(-c7ccccc7-c7ccccc7-c7ccccc7)cccc6c25)-n2c5ccc(C(C)(C)C)cc5c5cc(C(C)(C)C)cc(c52)B34)c([2H])c1[2H]. The molecule has 0 fully saturated rings. The summed E-state index contributed by atoms with van der Waals surface area (Å²) in [6.45, 7) is 13.0. The number of fused-ring (bicyclic) bond motifs is 14. The molecule has 0 radical (unpaired) electrons. The van der Waals surface area contributed by atoms with Crippen molar-refractivity contribution >= 4 is 88.5 Å². The number of rotatable bonds is 5. The maximum atomic E-state index is 9.47. The van der Waals surface area contributed by atoms with Crippen molar-refractivity contribution in [1.82, 2.24) is 14.1 Å². The van der Waals surface area contributed by atoms with E-state index in [0.29, 0.717) is 21.9 Å². The number of nitrogens with zero attached hydrogens (tertiary/aromatic N) is 2. The second-order valence-corrected chi connectivity index (χ2v) is 23.4. The van der Waals surface area contributed by atoms with Crippen molar-refractivity contribution in [3.63, 3.8) is 0 Å². The summed E-state index contributed by atoms with van der Waals surface area (Å²) in [6.07, 6.45) is 0. The third-order valence-electron chi connectivity index (χ3n) is 16.9. The molecule has 5 heterocycles. The standard InChI is InChI=1S/C74H56BN3/c1-73(2,3)49-34-36-64-58(40-49)60-41-50(74(4,5)6)42-62-70(60)77(64)66-43-63-67(56-32-20-31-55(69(56)76-63)54-30-19-18-29-53(54)52-28-17-16-27-51(52)46-25-14-9-15-26-46)72-68(66)75(62)61-39-48(45-23-12-8-13-24-45)38-59-57-37-47(44-21-10-7-11-22-44)33-35-65(57)78(72)71(59)61/h7-43,76H,1-6H3/i7D,8D,10D,11D,12D,13D,21D,22D,23D,24D. The van der Waals surface area contributed by atoms with Gasteiger partial charge in [-0.3, -0.25) is 0 Å². The van der Waals surface area contributed by atoms with Crippen molar-refractivity contribution < 1.29 is 13.7 Å². The lowest BCUT2D eigenvalue weighted by atomic mass is 9.34. The first-order valence-corrected chi connectivity index (χ1v) is 26.9. The van der Waals surface area contributed by atoms with E-state index in [1.54, 1.807) is 0 Å². The summed E-state index contributed by atoms with van der Waals surface area (Å²) < 4.78 is 94.7. The van der Waals surface area contributed by atoms with Crippen LogP contribution in [0.25, 0.3) is 132 Å². The fourth-order valence-electron chi connectivity index (χ4n) is 13.3. The van der Waals surface area contributed by atoms with Crippen molar-refractivity contribution in [1.29, 1.82) is 0 Å². The second-order valence-electron chi connectivity index (χ2n) is 23.4. The average Bonchev–Trinajstić information content (AvgIpc) is 1.44. The smallest absolute Gasteiger partial charge is 0.252 e. The van der Waals surface area contributed by atoms with Gasteiger partial charge in [-0.05, 0) is 131 Å². The van der Waals surface area contributed by atoms with Gasteiger partial charge in [-0.25, -0.2) is 0 Å². The number of hydrogen-bond donors (Lipinski definition) is 1. The van der Waals surface area contributed by atoms with Crippen LogP contribution in [-0.4, -0.2) is 20.8 Å². The lowest BCUT2D eigenvalue weighted by Gasteiger charge is -2.35. The van der Waals surface area contributed by atoms with Crippen molar-refractivity contribution in [2.24, 2.45) is 0 Å². The number of aromatic amines is 1. The van der Waals surface area contributed by atoms with E-state index >= 15 is 0 Å². The molecule has 4 heteroatoms. The fourth-order valence-corrected chi connectivity index (χ4v) is 13.3. The summed E-state index contributed by atoms with van der Waals surface area (Å²) in [5.41, 5.74) is 20.0. The summed E-state index contributed by atoms with van der Waals surface area (Å²) in [6, 6.07) is 53.9. The monoisotopic (exact) mass is 1010 g/mol. The van der Waals surface area contributed by atoms with E-state index in [-0.39, 0.29) is 46.1 Å². The van der Waals surface area contributed by atoms with E-state index in [4.69, 9.17) is 8.22 Å². The van der Waals surface area contributed by atoms with Gasteiger partial charge in [0.25, 0.3) is 6.71 Å². The molecular formula is C74H56BN3. The first-order valence-electron chi connectivity index (χ1n) is 31.9. The zero-order chi connectivity index (χ0) is 61.0. The van der Waals surface area contributed by atoms with Crippen molar-refractivity contribution in [3.05, 3.63) is 235 Å². The predicted octanol–water partition coefficient (Wildman–Crippen LogP) is 17.6. The summed E-state index contributed by atoms with van der Waals surface area (Å²) in [7, 11) is 0. The van der Waals surface area contributed by atoms with E-state index in [1.807, 2.05) is 36.4 Å². The summed E-state index contributed by atoms with van der Waals surface area (Å²) in [4.78, 5) is 4.09. The molecule has 16 rings (SSSR count). The van der Waals surface area contributed by atoms with Gasteiger partial charge >= 0.3 is 0 Å². The highest BCUT2D eigenvalue weighted by Crippen LogP contribution is 2.48. The van der Waals surface area contributed by atoms with E-state index < -0.39 is 43.0 Å². The van der Waals surface area contributed by atoms with Crippen LogP contribution in [0, 0.1) is 0 Å². The molecule has 14 aromatic rings. The van der Waals surface area contributed by atoms with Crippen LogP contribution in [0.15, 0.2) is 224 Å². The number of nitrogens with one attached hydrogen (secondary N) is 1. The van der Waals surface area contributed by atoms with Gasteiger partial charge in [0.1, 0.15) is 0 Å². The molecule has 0 saturated carbocycles. The minimum Gasteiger partial charge on any atom is -0.354 e. The molecule has 3 aromatic heterocycles. The lowest BCUT2D eigenvalue weighted by Crippen LogP contribution is -2.59. The molecule has 0 unspecified atom stereocenters. The van der Waals surface area contributed by atoms with Crippen LogP contribution < -0.4 is 16.4 Å². The Morgan fingerprint density at radius 1 is 0.410 bits per heavy atom. The highest BCUT2D eigenvalue weighted by atomic mass is 15.0. The molecule has 0 spiro atoms. The Balaban J connectivity index is 1.10. The molecule has 370 valence electrons. The highest BCUT2D eigenvalue weighted by Gasteiger charge is 2.43. The summed E-state index contributed by atoms with van der Waals surface area (Å²) >= 11 is 0. The first-order chi connectivity index (χ1) is 42.1. The van der Waals surface area contributed by atoms with Gasteiger partial charge in [0.15, 0.2) is 0 Å². The molecule has 78 heavy (non-hydrogen) atoms. The van der Waals surface area contributed by atoms with Crippen molar-refractivity contribution in [2.75, 3.05) is 0 Å². The number of H-pyrrole nitrogens is 1. The third kappa shape index (κ3) is 6.41. The van der Waals surface area contributed by atoms with E-state index in [9.17, 15) is 5.48 Å². The zero-order valence-electron chi connectivity index (χ0n) is 54.1. The Morgan fingerprint density at radius 2 is 0.962 bits per heavy atom. The van der Waals surface area contributed by atoms with E-state index in [1.165, 1.54) is 5.56 Å². The Morgan fingerprint density at radius 3 is 1.68 bits per heavy atom. The molecule has 0 bridgehead atoms. The average molecular weight is 1010 g/mol. The van der Waals surface area contributed by atoms with Gasteiger partial charge in [0.2, 0.25) is 0 Å². The summed E-state index contributed by atoms with van der Waals surface area (Å²) in [5.74, 6) is 0. The van der Waals surface area contributed by atoms with Gasteiger partial charge in [0, 0.05) is 54.6 Å². The maximum Gasteiger partial charge on any atom is 0.252 e. The van der Waals surface area contributed by atoms with Gasteiger partial charge in [-0.1, -0.05) is 223 Å². The van der Waals surface area contributed by atoms with Crippen molar-refractivity contribution in [2.45, 2.75) is 52.4 Å². The van der Waals surface area contributed by atoms with Crippen LogP contribution >= 0.6 is 0 Å². The topological polar surface area (TPSA) is 25.6 Å². The molecule has 1 N–H and O–H groups in total. The zero-order valence-corrected chi connectivity index (χ0v) is 44.1. The summed E-state index contributed by atoms with van der Waals surface area (Å²) in [5, 5.41) is 5.66. The third-order valence-corrected chi connectivity index (χ3v) is 16.9. The number of aromatic nitrogens is 3. The minimum atomic E-state index is -0.484. The van der Waals surface area contributed by atoms with Crippen molar-refractivity contribution in [3.8, 4) is 67.0 Å². The van der Waals surface area contributed by atoms with Crippen LogP contribution in [0.3, 0.4) is 0 Å². The molecule has 0 amide bonds. The molecule has 0 aliphatic carbocycles. The van der Waals surface area contributed by atoms with E-state index in [0.717, 1.165) is 121 Å². The Labute approximate surface area is 469 Å².